The molecule has 5 nitrogen and oxygen atoms in total. The smallest absolute Gasteiger partial charge is 0.169 e. The number of hydrogen-bond acceptors (Lipinski definition) is 4. The van der Waals surface area contributed by atoms with Crippen molar-refractivity contribution in [2.75, 3.05) is 0 Å². The second kappa shape index (κ2) is 7.38. The van der Waals surface area contributed by atoms with Crippen LogP contribution in [-0.2, 0) is 17.8 Å². The fraction of sp³-hybridized carbons (Fsp3) is 0.786. The van der Waals surface area contributed by atoms with Crippen molar-refractivity contribution in [3.63, 3.8) is 0 Å². The Morgan fingerprint density at radius 3 is 2.53 bits per heavy atom. The first-order chi connectivity index (χ1) is 8.99. The topological polar surface area (TPSA) is 68.0 Å². The van der Waals surface area contributed by atoms with E-state index in [-0.39, 0.29) is 18.1 Å². The Bertz CT molecular complexity index is 397. The summed E-state index contributed by atoms with van der Waals surface area (Å²) in [7, 11) is 0. The summed E-state index contributed by atoms with van der Waals surface area (Å²) in [6.45, 7) is 8.90. The molecule has 0 aliphatic rings. The van der Waals surface area contributed by atoms with Gasteiger partial charge in [-0.2, -0.15) is 5.10 Å². The molecule has 0 spiro atoms. The van der Waals surface area contributed by atoms with Crippen LogP contribution < -0.4 is 0 Å². The highest BCUT2D eigenvalue weighted by Crippen LogP contribution is 2.15. The van der Waals surface area contributed by atoms with Gasteiger partial charge in [0, 0.05) is 6.54 Å². The summed E-state index contributed by atoms with van der Waals surface area (Å²) >= 11 is 0. The van der Waals surface area contributed by atoms with Gasteiger partial charge in [0.15, 0.2) is 5.78 Å². The predicted molar refractivity (Wildman–Crippen MR) is 73.6 cm³/mol. The van der Waals surface area contributed by atoms with E-state index in [0.717, 1.165) is 19.4 Å². The minimum Gasteiger partial charge on any atom is -0.385 e. The third kappa shape index (κ3) is 4.42. The molecule has 5 heteroatoms. The lowest BCUT2D eigenvalue weighted by Crippen LogP contribution is -2.31. The highest BCUT2D eigenvalue weighted by Gasteiger charge is 2.24. The molecule has 1 rings (SSSR count). The Hall–Kier alpha value is -1.23. The largest absolute Gasteiger partial charge is 0.385 e. The first-order valence-electron chi connectivity index (χ1n) is 7.06. The number of aromatic nitrogens is 3. The molecule has 1 N–H and O–H groups in total. The number of aliphatic hydroxyl groups is 1. The van der Waals surface area contributed by atoms with Crippen molar-refractivity contribution in [2.45, 2.75) is 59.6 Å². The van der Waals surface area contributed by atoms with Crippen molar-refractivity contribution in [1.29, 1.82) is 0 Å². The summed E-state index contributed by atoms with van der Waals surface area (Å²) in [6.07, 6.45) is 2.35. The zero-order valence-corrected chi connectivity index (χ0v) is 12.3. The molecule has 1 aromatic heterocycles. The van der Waals surface area contributed by atoms with Gasteiger partial charge in [0.05, 0.1) is 6.42 Å². The summed E-state index contributed by atoms with van der Waals surface area (Å²) in [5, 5.41) is 14.2. The van der Waals surface area contributed by atoms with Gasteiger partial charge in [0.25, 0.3) is 0 Å². The molecular formula is C14H25N3O2. The summed E-state index contributed by atoms with van der Waals surface area (Å²) in [6, 6.07) is 0. The van der Waals surface area contributed by atoms with Crippen LogP contribution in [0.4, 0.5) is 0 Å². The highest BCUT2D eigenvalue weighted by molar-refractivity contribution is 5.84. The number of carbonyl (C=O) groups is 1. The number of rotatable bonds is 8. The molecule has 0 radical (unpaired) electrons. The normalized spacial score (nSPS) is 13.2. The minimum absolute atomic E-state index is 0.0361. The van der Waals surface area contributed by atoms with E-state index in [1.165, 1.54) is 6.33 Å². The third-order valence-electron chi connectivity index (χ3n) is 3.39. The Labute approximate surface area is 115 Å². The second-order valence-corrected chi connectivity index (χ2v) is 5.42. The standard InChI is InChI=1S/C14H25N3O2/c1-5-11(6-2)14(19)12(18)7-13-15-9-16-17(13)8-10(3)4/h9-11,14,19H,5-8H2,1-4H3. The first kappa shape index (κ1) is 15.8. The Balaban J connectivity index is 2.69. The van der Waals surface area contributed by atoms with Gasteiger partial charge in [-0.25, -0.2) is 9.67 Å². The van der Waals surface area contributed by atoms with Gasteiger partial charge < -0.3 is 5.11 Å². The van der Waals surface area contributed by atoms with Gasteiger partial charge in [0.1, 0.15) is 18.3 Å². The lowest BCUT2D eigenvalue weighted by atomic mass is 9.92. The van der Waals surface area contributed by atoms with E-state index < -0.39 is 6.10 Å². The first-order valence-corrected chi connectivity index (χ1v) is 7.06. The van der Waals surface area contributed by atoms with Crippen LogP contribution in [-0.4, -0.2) is 31.8 Å². The fourth-order valence-corrected chi connectivity index (χ4v) is 2.18. The molecule has 1 aromatic rings. The van der Waals surface area contributed by atoms with Crippen molar-refractivity contribution >= 4 is 5.78 Å². The van der Waals surface area contributed by atoms with Crippen LogP contribution in [0.3, 0.4) is 0 Å². The van der Waals surface area contributed by atoms with Crippen LogP contribution in [0.25, 0.3) is 0 Å². The van der Waals surface area contributed by atoms with E-state index >= 15 is 0 Å². The SMILES string of the molecule is CCC(CC)C(O)C(=O)Cc1ncnn1CC(C)C. The summed E-state index contributed by atoms with van der Waals surface area (Å²) in [4.78, 5) is 16.2. The van der Waals surface area contributed by atoms with Gasteiger partial charge in [-0.05, 0) is 11.8 Å². The van der Waals surface area contributed by atoms with Crippen molar-refractivity contribution in [3.05, 3.63) is 12.2 Å². The van der Waals surface area contributed by atoms with Gasteiger partial charge in [-0.1, -0.05) is 40.5 Å². The molecule has 0 amide bonds. The van der Waals surface area contributed by atoms with E-state index in [2.05, 4.69) is 23.9 Å². The average Bonchev–Trinajstić information content (AvgIpc) is 2.77. The molecule has 0 aromatic carbocycles. The van der Waals surface area contributed by atoms with Crippen molar-refractivity contribution in [3.8, 4) is 0 Å². The maximum Gasteiger partial charge on any atom is 0.169 e. The second-order valence-electron chi connectivity index (χ2n) is 5.42. The minimum atomic E-state index is -0.890. The van der Waals surface area contributed by atoms with Gasteiger partial charge >= 0.3 is 0 Å². The Morgan fingerprint density at radius 1 is 1.37 bits per heavy atom. The summed E-state index contributed by atoms with van der Waals surface area (Å²) < 4.78 is 1.75. The molecule has 108 valence electrons. The number of nitrogens with zero attached hydrogens (tertiary/aromatic N) is 3. The van der Waals surface area contributed by atoms with E-state index in [9.17, 15) is 9.90 Å². The number of Topliss-reactive ketones (excluding diaryl/α,β-unsaturated/α-hetero) is 1. The maximum atomic E-state index is 12.1. The predicted octanol–water partition coefficient (Wildman–Crippen LogP) is 1.84. The molecule has 1 unspecified atom stereocenters. The van der Waals surface area contributed by atoms with Crippen LogP contribution >= 0.6 is 0 Å². The van der Waals surface area contributed by atoms with Crippen molar-refractivity contribution < 1.29 is 9.90 Å². The van der Waals surface area contributed by atoms with Gasteiger partial charge in [-0.3, -0.25) is 4.79 Å². The van der Waals surface area contributed by atoms with E-state index in [4.69, 9.17) is 0 Å². The molecular weight excluding hydrogens is 242 g/mol. The molecule has 1 heterocycles. The fourth-order valence-electron chi connectivity index (χ4n) is 2.18. The number of ketones is 1. The molecule has 0 aliphatic carbocycles. The Kier molecular flexibility index (Phi) is 6.15. The van der Waals surface area contributed by atoms with Gasteiger partial charge in [-0.15, -0.1) is 0 Å². The van der Waals surface area contributed by atoms with Crippen molar-refractivity contribution in [1.82, 2.24) is 14.8 Å². The molecule has 1 atom stereocenters. The number of hydrogen-bond donors (Lipinski definition) is 1. The zero-order chi connectivity index (χ0) is 14.4. The molecule has 0 fully saturated rings. The van der Waals surface area contributed by atoms with E-state index in [1.54, 1.807) is 4.68 Å². The quantitative estimate of drug-likeness (QED) is 0.780. The third-order valence-corrected chi connectivity index (χ3v) is 3.39. The molecule has 0 aliphatic heterocycles. The molecule has 0 bridgehead atoms. The molecule has 19 heavy (non-hydrogen) atoms. The Morgan fingerprint density at radius 2 is 2.00 bits per heavy atom. The number of aliphatic hydroxyl groups excluding tert-OH is 1. The maximum absolute atomic E-state index is 12.1. The summed E-state index contributed by atoms with van der Waals surface area (Å²) in [5.41, 5.74) is 0. The van der Waals surface area contributed by atoms with Crippen LogP contribution in [0.1, 0.15) is 46.4 Å². The molecule has 0 saturated heterocycles. The molecule has 0 saturated carbocycles. The summed E-state index contributed by atoms with van der Waals surface area (Å²) in [5.74, 6) is 0.962. The lowest BCUT2D eigenvalue weighted by Gasteiger charge is -2.18. The van der Waals surface area contributed by atoms with E-state index in [0.29, 0.717) is 11.7 Å². The van der Waals surface area contributed by atoms with Crippen LogP contribution in [0.5, 0.6) is 0 Å². The monoisotopic (exact) mass is 267 g/mol. The van der Waals surface area contributed by atoms with E-state index in [1.807, 2.05) is 13.8 Å². The van der Waals surface area contributed by atoms with Crippen LogP contribution in [0.15, 0.2) is 6.33 Å². The average molecular weight is 267 g/mol. The van der Waals surface area contributed by atoms with Gasteiger partial charge in [0.2, 0.25) is 0 Å². The zero-order valence-electron chi connectivity index (χ0n) is 12.3. The lowest BCUT2D eigenvalue weighted by molar-refractivity contribution is -0.129. The number of carbonyl (C=O) groups excluding carboxylic acids is 1. The highest BCUT2D eigenvalue weighted by atomic mass is 16.3. The van der Waals surface area contributed by atoms with Crippen LogP contribution in [0.2, 0.25) is 0 Å². The van der Waals surface area contributed by atoms with Crippen molar-refractivity contribution in [2.24, 2.45) is 11.8 Å². The van der Waals surface area contributed by atoms with Crippen LogP contribution in [0, 0.1) is 11.8 Å².